The Morgan fingerprint density at radius 1 is 1.67 bits per heavy atom. The minimum atomic E-state index is -0.0946. The van der Waals surface area contributed by atoms with Gasteiger partial charge in [0, 0.05) is 37.3 Å². The summed E-state index contributed by atoms with van der Waals surface area (Å²) in [6.45, 7) is 0.739. The van der Waals surface area contributed by atoms with Gasteiger partial charge in [0.05, 0.1) is 0 Å². The summed E-state index contributed by atoms with van der Waals surface area (Å²) in [5.74, 6) is 1.06. The van der Waals surface area contributed by atoms with Gasteiger partial charge in [0.15, 0.2) is 5.82 Å². The number of halogens is 1. The van der Waals surface area contributed by atoms with Gasteiger partial charge in [-0.15, -0.1) is 11.6 Å². The highest BCUT2D eigenvalue weighted by Gasteiger charge is 2.41. The van der Waals surface area contributed by atoms with Gasteiger partial charge >= 0.3 is 0 Å². The van der Waals surface area contributed by atoms with E-state index in [0.29, 0.717) is 11.7 Å². The van der Waals surface area contributed by atoms with Crippen LogP contribution in [0, 0.1) is 5.41 Å². The minimum absolute atomic E-state index is 0.0946. The van der Waals surface area contributed by atoms with Crippen LogP contribution < -0.4 is 10.9 Å². The number of aromatic nitrogens is 2. The lowest BCUT2D eigenvalue weighted by atomic mass is 10.1. The molecular formula is C10H14ClN3O. The van der Waals surface area contributed by atoms with Crippen LogP contribution >= 0.6 is 11.6 Å². The maximum Gasteiger partial charge on any atom is 0.293 e. The summed E-state index contributed by atoms with van der Waals surface area (Å²) in [7, 11) is 1.71. The summed E-state index contributed by atoms with van der Waals surface area (Å²) < 4.78 is 1.51. The van der Waals surface area contributed by atoms with Crippen molar-refractivity contribution in [1.29, 1.82) is 0 Å². The highest BCUT2D eigenvalue weighted by Crippen LogP contribution is 2.46. The topological polar surface area (TPSA) is 46.9 Å². The van der Waals surface area contributed by atoms with Crippen LogP contribution in [0.2, 0.25) is 0 Å². The molecule has 1 saturated carbocycles. The van der Waals surface area contributed by atoms with Crippen molar-refractivity contribution < 1.29 is 0 Å². The first-order valence-electron chi connectivity index (χ1n) is 4.98. The van der Waals surface area contributed by atoms with Gasteiger partial charge in [0.25, 0.3) is 5.56 Å². The molecule has 0 saturated heterocycles. The van der Waals surface area contributed by atoms with E-state index in [9.17, 15) is 4.79 Å². The molecule has 1 N–H and O–H groups in total. The van der Waals surface area contributed by atoms with Crippen molar-refractivity contribution in [2.24, 2.45) is 12.5 Å². The van der Waals surface area contributed by atoms with E-state index in [-0.39, 0.29) is 11.0 Å². The van der Waals surface area contributed by atoms with Gasteiger partial charge in [-0.25, -0.2) is 4.98 Å². The summed E-state index contributed by atoms with van der Waals surface area (Å²) in [4.78, 5) is 15.6. The molecule has 0 aromatic carbocycles. The van der Waals surface area contributed by atoms with Crippen LogP contribution in [0.25, 0.3) is 0 Å². The molecule has 1 heterocycles. The van der Waals surface area contributed by atoms with Crippen molar-refractivity contribution in [3.8, 4) is 0 Å². The third-order valence-electron chi connectivity index (χ3n) is 2.89. The Bertz CT molecular complexity index is 411. The first-order chi connectivity index (χ1) is 7.17. The lowest BCUT2D eigenvalue weighted by Crippen LogP contribution is -2.25. The molecule has 1 aliphatic rings. The van der Waals surface area contributed by atoms with Crippen molar-refractivity contribution >= 4 is 17.4 Å². The number of alkyl halides is 1. The van der Waals surface area contributed by atoms with E-state index in [1.54, 1.807) is 19.4 Å². The first-order valence-corrected chi connectivity index (χ1v) is 5.52. The molecule has 1 fully saturated rings. The predicted octanol–water partition coefficient (Wildman–Crippen LogP) is 1.21. The number of aryl methyl sites for hydroxylation is 1. The van der Waals surface area contributed by atoms with Crippen LogP contribution in [0.3, 0.4) is 0 Å². The molecule has 2 rings (SSSR count). The van der Waals surface area contributed by atoms with E-state index >= 15 is 0 Å². The van der Waals surface area contributed by atoms with Crippen molar-refractivity contribution in [3.05, 3.63) is 22.7 Å². The SMILES string of the molecule is Cn1ccnc(NCC2(CCl)CC2)c1=O. The van der Waals surface area contributed by atoms with E-state index in [2.05, 4.69) is 10.3 Å². The third kappa shape index (κ3) is 2.15. The molecular weight excluding hydrogens is 214 g/mol. The molecule has 4 nitrogen and oxygen atoms in total. The molecule has 0 amide bonds. The Balaban J connectivity index is 2.05. The average Bonchev–Trinajstić information content (AvgIpc) is 3.01. The standard InChI is InChI=1S/C10H14ClN3O/c1-14-5-4-12-8(9(14)15)13-7-10(6-11)2-3-10/h4-5H,2-3,6-7H2,1H3,(H,12,13). The Labute approximate surface area is 93.3 Å². The molecule has 1 aliphatic carbocycles. The molecule has 0 aliphatic heterocycles. The van der Waals surface area contributed by atoms with Gasteiger partial charge in [0.1, 0.15) is 0 Å². The van der Waals surface area contributed by atoms with Crippen LogP contribution in [0.5, 0.6) is 0 Å². The summed E-state index contributed by atoms with van der Waals surface area (Å²) in [6.07, 6.45) is 5.53. The van der Waals surface area contributed by atoms with Crippen molar-refractivity contribution in [1.82, 2.24) is 9.55 Å². The minimum Gasteiger partial charge on any atom is -0.365 e. The molecule has 1 aromatic heterocycles. The fraction of sp³-hybridized carbons (Fsp3) is 0.600. The number of rotatable bonds is 4. The Hall–Kier alpha value is -1.03. The Morgan fingerprint density at radius 3 is 3.00 bits per heavy atom. The molecule has 5 heteroatoms. The second-order valence-corrected chi connectivity index (χ2v) is 4.45. The lowest BCUT2D eigenvalue weighted by Gasteiger charge is -2.12. The molecule has 0 bridgehead atoms. The number of nitrogens with zero attached hydrogens (tertiary/aromatic N) is 2. The van der Waals surface area contributed by atoms with E-state index in [4.69, 9.17) is 11.6 Å². The Morgan fingerprint density at radius 2 is 2.40 bits per heavy atom. The van der Waals surface area contributed by atoms with Crippen molar-refractivity contribution in [2.75, 3.05) is 17.7 Å². The summed E-state index contributed by atoms with van der Waals surface area (Å²) in [6, 6.07) is 0. The molecule has 0 spiro atoms. The van der Waals surface area contributed by atoms with Crippen LogP contribution in [-0.4, -0.2) is 22.0 Å². The van der Waals surface area contributed by atoms with Gasteiger partial charge in [0.2, 0.25) is 0 Å². The molecule has 0 radical (unpaired) electrons. The monoisotopic (exact) mass is 227 g/mol. The smallest absolute Gasteiger partial charge is 0.293 e. The molecule has 0 unspecified atom stereocenters. The zero-order valence-corrected chi connectivity index (χ0v) is 9.42. The number of hydrogen-bond acceptors (Lipinski definition) is 3. The van der Waals surface area contributed by atoms with E-state index in [0.717, 1.165) is 19.4 Å². The first kappa shape index (κ1) is 10.5. The number of hydrogen-bond donors (Lipinski definition) is 1. The summed E-state index contributed by atoms with van der Waals surface area (Å²) in [5, 5.41) is 3.08. The lowest BCUT2D eigenvalue weighted by molar-refractivity contribution is 0.615. The van der Waals surface area contributed by atoms with Gasteiger partial charge in [-0.1, -0.05) is 0 Å². The molecule has 15 heavy (non-hydrogen) atoms. The van der Waals surface area contributed by atoms with Gasteiger partial charge in [-0.3, -0.25) is 4.79 Å². The predicted molar refractivity (Wildman–Crippen MR) is 60.4 cm³/mol. The maximum atomic E-state index is 11.6. The molecule has 1 aromatic rings. The van der Waals surface area contributed by atoms with Crippen molar-refractivity contribution in [2.45, 2.75) is 12.8 Å². The van der Waals surface area contributed by atoms with Gasteiger partial charge in [-0.2, -0.15) is 0 Å². The zero-order chi connectivity index (χ0) is 10.9. The Kier molecular flexibility index (Phi) is 2.69. The highest BCUT2D eigenvalue weighted by molar-refractivity contribution is 6.18. The van der Waals surface area contributed by atoms with Crippen LogP contribution in [0.1, 0.15) is 12.8 Å². The fourth-order valence-corrected chi connectivity index (χ4v) is 1.79. The second-order valence-electron chi connectivity index (χ2n) is 4.18. The van der Waals surface area contributed by atoms with Crippen molar-refractivity contribution in [3.63, 3.8) is 0 Å². The van der Waals surface area contributed by atoms with Crippen LogP contribution in [0.4, 0.5) is 5.82 Å². The normalized spacial score (nSPS) is 17.5. The fourth-order valence-electron chi connectivity index (χ4n) is 1.42. The molecule has 82 valence electrons. The van der Waals surface area contributed by atoms with Crippen LogP contribution in [0.15, 0.2) is 17.2 Å². The quantitative estimate of drug-likeness (QED) is 0.787. The third-order valence-corrected chi connectivity index (χ3v) is 3.46. The second kappa shape index (κ2) is 3.85. The van der Waals surface area contributed by atoms with Crippen LogP contribution in [-0.2, 0) is 7.05 Å². The van der Waals surface area contributed by atoms with E-state index in [1.165, 1.54) is 4.57 Å². The summed E-state index contributed by atoms with van der Waals surface area (Å²) in [5.41, 5.74) is 0.104. The maximum absolute atomic E-state index is 11.6. The highest BCUT2D eigenvalue weighted by atomic mass is 35.5. The zero-order valence-electron chi connectivity index (χ0n) is 8.66. The van der Waals surface area contributed by atoms with Gasteiger partial charge < -0.3 is 9.88 Å². The van der Waals surface area contributed by atoms with E-state index in [1.807, 2.05) is 0 Å². The largest absolute Gasteiger partial charge is 0.365 e. The van der Waals surface area contributed by atoms with E-state index < -0.39 is 0 Å². The molecule has 0 atom stereocenters. The number of anilines is 1. The number of nitrogens with one attached hydrogen (secondary N) is 1. The average molecular weight is 228 g/mol. The van der Waals surface area contributed by atoms with Gasteiger partial charge in [-0.05, 0) is 12.8 Å². The summed E-state index contributed by atoms with van der Waals surface area (Å²) >= 11 is 5.85.